The third-order valence-electron chi connectivity index (χ3n) is 5.67. The molecule has 174 valence electrons. The predicted molar refractivity (Wildman–Crippen MR) is 137 cm³/mol. The van der Waals surface area contributed by atoms with Crippen LogP contribution in [-0.2, 0) is 5.75 Å². The van der Waals surface area contributed by atoms with E-state index in [1.807, 2.05) is 66.7 Å². The third kappa shape index (κ3) is 7.98. The molecule has 3 aromatic rings. The van der Waals surface area contributed by atoms with Crippen molar-refractivity contribution in [2.24, 2.45) is 0 Å². The Morgan fingerprint density at radius 1 is 1.00 bits per heavy atom. The van der Waals surface area contributed by atoms with Crippen LogP contribution in [0.3, 0.4) is 0 Å². The van der Waals surface area contributed by atoms with E-state index in [4.69, 9.17) is 0 Å². The Balaban J connectivity index is 1.49. The van der Waals surface area contributed by atoms with Crippen molar-refractivity contribution in [1.29, 1.82) is 0 Å². The molecule has 1 N–H and O–H groups in total. The summed E-state index contributed by atoms with van der Waals surface area (Å²) in [6, 6.07) is 22.0. The van der Waals surface area contributed by atoms with Gasteiger partial charge in [0.15, 0.2) is 0 Å². The van der Waals surface area contributed by atoms with E-state index in [1.165, 1.54) is 0 Å². The van der Waals surface area contributed by atoms with Crippen LogP contribution in [0.25, 0.3) is 11.3 Å². The van der Waals surface area contributed by atoms with E-state index >= 15 is 0 Å². The summed E-state index contributed by atoms with van der Waals surface area (Å²) in [5.41, 5.74) is 3.72. The summed E-state index contributed by atoms with van der Waals surface area (Å²) in [6.45, 7) is 9.68. The highest BCUT2D eigenvalue weighted by molar-refractivity contribution is 7.98. The van der Waals surface area contributed by atoms with E-state index in [0.717, 1.165) is 60.1 Å². The molecular formula is C27H34N4OS. The molecule has 0 aliphatic carbocycles. The van der Waals surface area contributed by atoms with Crippen LogP contribution in [-0.4, -0.2) is 46.7 Å². The summed E-state index contributed by atoms with van der Waals surface area (Å²) in [7, 11) is 0. The topological polar surface area (TPSA) is 58.1 Å². The molecule has 0 aliphatic rings. The van der Waals surface area contributed by atoms with Crippen molar-refractivity contribution in [3.05, 3.63) is 77.9 Å². The Hall–Kier alpha value is -2.70. The zero-order valence-corrected chi connectivity index (χ0v) is 20.6. The smallest absolute Gasteiger partial charge is 0.251 e. The molecule has 2 aromatic carbocycles. The minimum absolute atomic E-state index is 0.0100. The van der Waals surface area contributed by atoms with Gasteiger partial charge in [0, 0.05) is 22.9 Å². The van der Waals surface area contributed by atoms with Crippen LogP contribution < -0.4 is 5.32 Å². The van der Waals surface area contributed by atoms with Gasteiger partial charge in [0.05, 0.1) is 5.69 Å². The number of carbonyl (C=O) groups excluding carboxylic acids is 1. The van der Waals surface area contributed by atoms with Crippen molar-refractivity contribution < 1.29 is 4.79 Å². The fraction of sp³-hybridized carbons (Fsp3) is 0.370. The lowest BCUT2D eigenvalue weighted by molar-refractivity contribution is 0.0937. The number of hydrogen-bond donors (Lipinski definition) is 1. The van der Waals surface area contributed by atoms with Crippen LogP contribution in [0.2, 0.25) is 0 Å². The number of benzene rings is 2. The molecule has 0 aliphatic heterocycles. The van der Waals surface area contributed by atoms with Crippen molar-refractivity contribution in [3.8, 4) is 11.3 Å². The summed E-state index contributed by atoms with van der Waals surface area (Å²) in [5.74, 6) is 0.726. The molecule has 0 radical (unpaired) electrons. The van der Waals surface area contributed by atoms with Crippen molar-refractivity contribution in [2.75, 3.05) is 19.6 Å². The fourth-order valence-corrected chi connectivity index (χ4v) is 4.42. The summed E-state index contributed by atoms with van der Waals surface area (Å²) in [6.07, 6.45) is 2.07. The first-order chi connectivity index (χ1) is 16.1. The van der Waals surface area contributed by atoms with Crippen molar-refractivity contribution >= 4 is 17.7 Å². The molecular weight excluding hydrogens is 428 g/mol. The number of carbonyl (C=O) groups is 1. The van der Waals surface area contributed by atoms with Gasteiger partial charge in [0.2, 0.25) is 0 Å². The van der Waals surface area contributed by atoms with Crippen molar-refractivity contribution in [1.82, 2.24) is 20.4 Å². The zero-order chi connectivity index (χ0) is 23.5. The van der Waals surface area contributed by atoms with Gasteiger partial charge in [-0.1, -0.05) is 68.1 Å². The maximum atomic E-state index is 12.7. The van der Waals surface area contributed by atoms with E-state index in [0.29, 0.717) is 5.56 Å². The second-order valence-corrected chi connectivity index (χ2v) is 9.15. The van der Waals surface area contributed by atoms with Crippen LogP contribution in [0.4, 0.5) is 0 Å². The van der Waals surface area contributed by atoms with Gasteiger partial charge < -0.3 is 10.2 Å². The van der Waals surface area contributed by atoms with Crippen LogP contribution in [0.5, 0.6) is 0 Å². The molecule has 0 saturated heterocycles. The van der Waals surface area contributed by atoms with Gasteiger partial charge in [-0.05, 0) is 69.2 Å². The van der Waals surface area contributed by atoms with Gasteiger partial charge in [-0.2, -0.15) is 0 Å². The number of rotatable bonds is 12. The number of nitrogens with one attached hydrogen (secondary N) is 1. The standard InChI is InChI=1S/C27H34N4OS/c1-4-31(5-2)18-10-11-21(3)28-27(32)24-15-9-12-22(19-24)20-33-26-17-16-25(29-30-26)23-13-7-6-8-14-23/h6-9,12-17,19,21H,4-5,10-11,18,20H2,1-3H3,(H,28,32). The molecule has 0 fully saturated rings. The molecule has 0 spiro atoms. The van der Waals surface area contributed by atoms with Gasteiger partial charge in [-0.25, -0.2) is 0 Å². The highest BCUT2D eigenvalue weighted by Crippen LogP contribution is 2.23. The van der Waals surface area contributed by atoms with Gasteiger partial charge in [0.1, 0.15) is 5.03 Å². The lowest BCUT2D eigenvalue weighted by Gasteiger charge is -2.19. The first kappa shape index (κ1) is 24.9. The molecule has 1 amide bonds. The van der Waals surface area contributed by atoms with E-state index in [-0.39, 0.29) is 11.9 Å². The number of amides is 1. The Morgan fingerprint density at radius 3 is 2.48 bits per heavy atom. The molecule has 0 bridgehead atoms. The highest BCUT2D eigenvalue weighted by Gasteiger charge is 2.11. The second-order valence-electron chi connectivity index (χ2n) is 8.16. The average molecular weight is 463 g/mol. The average Bonchev–Trinajstić information content (AvgIpc) is 2.86. The van der Waals surface area contributed by atoms with Crippen LogP contribution in [0.15, 0.2) is 71.8 Å². The summed E-state index contributed by atoms with van der Waals surface area (Å²) < 4.78 is 0. The second kappa shape index (κ2) is 13.1. The van der Waals surface area contributed by atoms with Crippen LogP contribution in [0, 0.1) is 0 Å². The summed E-state index contributed by atoms with van der Waals surface area (Å²) in [5, 5.41) is 12.7. The fourth-order valence-electron chi connectivity index (χ4n) is 3.66. The first-order valence-electron chi connectivity index (χ1n) is 11.7. The largest absolute Gasteiger partial charge is 0.350 e. The molecule has 33 heavy (non-hydrogen) atoms. The Morgan fingerprint density at radius 2 is 1.79 bits per heavy atom. The van der Waals surface area contributed by atoms with Gasteiger partial charge >= 0.3 is 0 Å². The molecule has 1 unspecified atom stereocenters. The molecule has 6 heteroatoms. The minimum atomic E-state index is -0.0100. The van der Waals surface area contributed by atoms with E-state index in [2.05, 4.69) is 41.2 Å². The number of aromatic nitrogens is 2. The van der Waals surface area contributed by atoms with Gasteiger partial charge in [0.25, 0.3) is 5.91 Å². The Labute approximate surface area is 202 Å². The first-order valence-corrected chi connectivity index (χ1v) is 12.7. The Bertz CT molecular complexity index is 991. The maximum Gasteiger partial charge on any atom is 0.251 e. The third-order valence-corrected chi connectivity index (χ3v) is 6.66. The molecule has 1 aromatic heterocycles. The van der Waals surface area contributed by atoms with E-state index < -0.39 is 0 Å². The summed E-state index contributed by atoms with van der Waals surface area (Å²) >= 11 is 1.62. The lowest BCUT2D eigenvalue weighted by Crippen LogP contribution is -2.33. The van der Waals surface area contributed by atoms with E-state index in [1.54, 1.807) is 11.8 Å². The normalized spacial score (nSPS) is 12.0. The molecule has 3 rings (SSSR count). The van der Waals surface area contributed by atoms with Crippen LogP contribution >= 0.6 is 11.8 Å². The number of thioether (sulfide) groups is 1. The lowest BCUT2D eigenvalue weighted by atomic mass is 10.1. The van der Waals surface area contributed by atoms with E-state index in [9.17, 15) is 4.79 Å². The number of nitrogens with zero attached hydrogens (tertiary/aromatic N) is 3. The van der Waals surface area contributed by atoms with Crippen molar-refractivity contribution in [2.45, 2.75) is 50.4 Å². The Kier molecular flexibility index (Phi) is 9.91. The van der Waals surface area contributed by atoms with Crippen molar-refractivity contribution in [3.63, 3.8) is 0 Å². The minimum Gasteiger partial charge on any atom is -0.350 e. The van der Waals surface area contributed by atoms with Gasteiger partial charge in [-0.3, -0.25) is 4.79 Å². The molecule has 1 heterocycles. The highest BCUT2D eigenvalue weighted by atomic mass is 32.2. The predicted octanol–water partition coefficient (Wildman–Crippen LogP) is 5.68. The zero-order valence-electron chi connectivity index (χ0n) is 19.8. The molecule has 0 saturated carbocycles. The maximum absolute atomic E-state index is 12.7. The molecule has 5 nitrogen and oxygen atoms in total. The van der Waals surface area contributed by atoms with Gasteiger partial charge in [-0.15, -0.1) is 10.2 Å². The van der Waals surface area contributed by atoms with Crippen LogP contribution in [0.1, 0.15) is 49.5 Å². The SMILES string of the molecule is CCN(CC)CCCC(C)NC(=O)c1cccc(CSc2ccc(-c3ccccc3)nn2)c1. The quantitative estimate of drug-likeness (QED) is 0.351. The molecule has 1 atom stereocenters. The monoisotopic (exact) mass is 462 g/mol. The summed E-state index contributed by atoms with van der Waals surface area (Å²) in [4.78, 5) is 15.1. The number of hydrogen-bond acceptors (Lipinski definition) is 5.